The van der Waals surface area contributed by atoms with Gasteiger partial charge in [0.25, 0.3) is 0 Å². The van der Waals surface area contributed by atoms with Crippen LogP contribution in [-0.4, -0.2) is 45.7 Å². The molecule has 1 aromatic heterocycles. The average Bonchev–Trinajstić information content (AvgIpc) is 2.73. The Bertz CT molecular complexity index is 662. The van der Waals surface area contributed by atoms with Crippen LogP contribution in [0, 0.1) is 6.92 Å². The number of carboxylic acid groups (broad SMARTS) is 1. The van der Waals surface area contributed by atoms with Crippen molar-refractivity contribution in [3.05, 3.63) is 29.6 Å². The molecule has 0 amide bonds. The molecule has 1 aromatic carbocycles. The number of aromatic carboxylic acids is 1. The minimum atomic E-state index is -0.906. The Morgan fingerprint density at radius 2 is 2.25 bits per heavy atom. The van der Waals surface area contributed by atoms with E-state index in [4.69, 9.17) is 5.11 Å². The maximum atomic E-state index is 11.0. The zero-order valence-electron chi connectivity index (χ0n) is 11.8. The van der Waals surface area contributed by atoms with Gasteiger partial charge < -0.3 is 14.6 Å². The van der Waals surface area contributed by atoms with Gasteiger partial charge in [0, 0.05) is 12.6 Å². The maximum Gasteiger partial charge on any atom is 0.335 e. The number of benzene rings is 1. The smallest absolute Gasteiger partial charge is 0.335 e. The van der Waals surface area contributed by atoms with Crippen molar-refractivity contribution in [2.45, 2.75) is 25.8 Å². The second kappa shape index (κ2) is 4.90. The minimum absolute atomic E-state index is 0.294. The lowest BCUT2D eigenvalue weighted by molar-refractivity contribution is 0.0697. The van der Waals surface area contributed by atoms with Crippen molar-refractivity contribution in [1.29, 1.82) is 0 Å². The molecular weight excluding hydrogens is 254 g/mol. The summed E-state index contributed by atoms with van der Waals surface area (Å²) in [4.78, 5) is 17.9. The molecule has 1 aliphatic rings. The van der Waals surface area contributed by atoms with Crippen LogP contribution in [0.5, 0.6) is 0 Å². The number of likely N-dealkylation sites (N-methyl/N-ethyl adjacent to an activating group) is 1. The number of carbonyl (C=O) groups is 1. The monoisotopic (exact) mass is 273 g/mol. The number of imidazole rings is 1. The normalized spacial score (nSPS) is 20.4. The molecule has 1 aliphatic heterocycles. The van der Waals surface area contributed by atoms with Gasteiger partial charge in [0.1, 0.15) is 5.82 Å². The first-order valence-corrected chi connectivity index (χ1v) is 6.96. The molecular formula is C15H19N3O2. The summed E-state index contributed by atoms with van der Waals surface area (Å²) in [5.41, 5.74) is 2.10. The van der Waals surface area contributed by atoms with E-state index in [9.17, 15) is 4.79 Å². The molecule has 1 fully saturated rings. The molecule has 0 radical (unpaired) electrons. The number of aromatic nitrogens is 2. The molecule has 0 saturated carbocycles. The van der Waals surface area contributed by atoms with Gasteiger partial charge in [0.05, 0.1) is 16.6 Å². The van der Waals surface area contributed by atoms with Crippen LogP contribution in [0.1, 0.15) is 35.1 Å². The highest BCUT2D eigenvalue weighted by atomic mass is 16.4. The molecule has 1 atom stereocenters. The third-order valence-corrected chi connectivity index (χ3v) is 4.08. The van der Waals surface area contributed by atoms with Crippen LogP contribution in [-0.2, 0) is 0 Å². The summed E-state index contributed by atoms with van der Waals surface area (Å²) in [6, 6.07) is 5.63. The second-order valence-electron chi connectivity index (χ2n) is 5.60. The number of hydrogen-bond acceptors (Lipinski definition) is 3. The van der Waals surface area contributed by atoms with Crippen LogP contribution in [0.3, 0.4) is 0 Å². The molecule has 5 nitrogen and oxygen atoms in total. The van der Waals surface area contributed by atoms with Crippen molar-refractivity contribution in [1.82, 2.24) is 14.5 Å². The molecule has 2 aromatic rings. The highest BCUT2D eigenvalue weighted by Crippen LogP contribution is 2.27. The zero-order valence-corrected chi connectivity index (χ0v) is 11.8. The third-order valence-electron chi connectivity index (χ3n) is 4.08. The summed E-state index contributed by atoms with van der Waals surface area (Å²) in [7, 11) is 2.14. The van der Waals surface area contributed by atoms with Crippen molar-refractivity contribution in [2.24, 2.45) is 0 Å². The Balaban J connectivity index is 2.06. The van der Waals surface area contributed by atoms with E-state index >= 15 is 0 Å². The first-order chi connectivity index (χ1) is 9.56. The lowest BCUT2D eigenvalue weighted by Crippen LogP contribution is -2.33. The Hall–Kier alpha value is -1.88. The van der Waals surface area contributed by atoms with E-state index in [0.29, 0.717) is 11.6 Å². The van der Waals surface area contributed by atoms with E-state index in [-0.39, 0.29) is 0 Å². The number of fused-ring (bicyclic) bond motifs is 1. The first kappa shape index (κ1) is 13.1. The van der Waals surface area contributed by atoms with Gasteiger partial charge in [-0.25, -0.2) is 9.78 Å². The van der Waals surface area contributed by atoms with Crippen LogP contribution < -0.4 is 0 Å². The topological polar surface area (TPSA) is 58.4 Å². The van der Waals surface area contributed by atoms with E-state index in [0.717, 1.165) is 36.4 Å². The number of piperidine rings is 1. The molecule has 5 heteroatoms. The molecule has 106 valence electrons. The number of carboxylic acids is 1. The standard InChI is InChI=1S/C15H19N3O2/c1-10-16-13-8-11(15(19)20)5-6-14(13)18(10)12-4-3-7-17(2)9-12/h5-6,8,12H,3-4,7,9H2,1-2H3,(H,19,20). The molecule has 1 N–H and O–H groups in total. The van der Waals surface area contributed by atoms with Crippen LogP contribution in [0.25, 0.3) is 11.0 Å². The largest absolute Gasteiger partial charge is 0.478 e. The predicted octanol–water partition coefficient (Wildman–Crippen LogP) is 2.31. The van der Waals surface area contributed by atoms with Crippen molar-refractivity contribution < 1.29 is 9.90 Å². The van der Waals surface area contributed by atoms with Gasteiger partial charge in [0.15, 0.2) is 0 Å². The Morgan fingerprint density at radius 1 is 1.45 bits per heavy atom. The van der Waals surface area contributed by atoms with Gasteiger partial charge in [-0.2, -0.15) is 0 Å². The zero-order chi connectivity index (χ0) is 14.3. The molecule has 3 rings (SSSR count). The average molecular weight is 273 g/mol. The van der Waals surface area contributed by atoms with E-state index in [1.54, 1.807) is 12.1 Å². The minimum Gasteiger partial charge on any atom is -0.478 e. The van der Waals surface area contributed by atoms with Gasteiger partial charge in [-0.15, -0.1) is 0 Å². The number of hydrogen-bond donors (Lipinski definition) is 1. The first-order valence-electron chi connectivity index (χ1n) is 6.96. The summed E-state index contributed by atoms with van der Waals surface area (Å²) < 4.78 is 2.26. The fourth-order valence-electron chi connectivity index (χ4n) is 3.16. The molecule has 0 spiro atoms. The SMILES string of the molecule is Cc1nc2cc(C(=O)O)ccc2n1C1CCCN(C)C1. The van der Waals surface area contributed by atoms with E-state index < -0.39 is 5.97 Å². The van der Waals surface area contributed by atoms with Gasteiger partial charge in [-0.1, -0.05) is 0 Å². The number of aryl methyl sites for hydroxylation is 1. The molecule has 20 heavy (non-hydrogen) atoms. The van der Waals surface area contributed by atoms with Gasteiger partial charge >= 0.3 is 5.97 Å². The van der Waals surface area contributed by atoms with Gasteiger partial charge in [0.2, 0.25) is 0 Å². The quantitative estimate of drug-likeness (QED) is 0.912. The molecule has 1 saturated heterocycles. The summed E-state index contributed by atoms with van der Waals surface area (Å²) in [6.45, 7) is 4.16. The number of rotatable bonds is 2. The highest BCUT2D eigenvalue weighted by Gasteiger charge is 2.22. The molecule has 0 bridgehead atoms. The molecule has 0 aliphatic carbocycles. The predicted molar refractivity (Wildman–Crippen MR) is 77.2 cm³/mol. The van der Waals surface area contributed by atoms with Crippen molar-refractivity contribution >= 4 is 17.0 Å². The highest BCUT2D eigenvalue weighted by molar-refractivity contribution is 5.92. The summed E-state index contributed by atoms with van der Waals surface area (Å²) in [5.74, 6) is 0.0549. The maximum absolute atomic E-state index is 11.0. The van der Waals surface area contributed by atoms with E-state index in [1.807, 2.05) is 13.0 Å². The summed E-state index contributed by atoms with van der Waals surface area (Å²) in [5, 5.41) is 9.06. The Kier molecular flexibility index (Phi) is 3.22. The van der Waals surface area contributed by atoms with Crippen LogP contribution in [0.15, 0.2) is 18.2 Å². The van der Waals surface area contributed by atoms with E-state index in [1.165, 1.54) is 6.42 Å². The van der Waals surface area contributed by atoms with Crippen molar-refractivity contribution in [3.63, 3.8) is 0 Å². The lowest BCUT2D eigenvalue weighted by Gasteiger charge is -2.31. The van der Waals surface area contributed by atoms with Crippen LogP contribution in [0.4, 0.5) is 0 Å². The summed E-state index contributed by atoms with van der Waals surface area (Å²) >= 11 is 0. The Morgan fingerprint density at radius 3 is 2.95 bits per heavy atom. The van der Waals surface area contributed by atoms with Crippen LogP contribution >= 0.6 is 0 Å². The number of nitrogens with zero attached hydrogens (tertiary/aromatic N) is 3. The molecule has 1 unspecified atom stereocenters. The van der Waals surface area contributed by atoms with Gasteiger partial charge in [-0.3, -0.25) is 0 Å². The molecule has 2 heterocycles. The van der Waals surface area contributed by atoms with Gasteiger partial charge in [-0.05, 0) is 51.6 Å². The fourth-order valence-corrected chi connectivity index (χ4v) is 3.16. The van der Waals surface area contributed by atoms with Crippen molar-refractivity contribution in [2.75, 3.05) is 20.1 Å². The summed E-state index contributed by atoms with van der Waals surface area (Å²) in [6.07, 6.45) is 2.34. The second-order valence-corrected chi connectivity index (χ2v) is 5.60. The number of likely N-dealkylation sites (tertiary alicyclic amines) is 1. The fraction of sp³-hybridized carbons (Fsp3) is 0.467. The third kappa shape index (κ3) is 2.18. The van der Waals surface area contributed by atoms with E-state index in [2.05, 4.69) is 21.5 Å². The van der Waals surface area contributed by atoms with Crippen molar-refractivity contribution in [3.8, 4) is 0 Å². The lowest BCUT2D eigenvalue weighted by atomic mass is 10.1. The Labute approximate surface area is 117 Å². The van der Waals surface area contributed by atoms with Crippen LogP contribution in [0.2, 0.25) is 0 Å².